The monoisotopic (exact) mass is 294 g/mol. The largest absolute Gasteiger partial charge is 0.496 e. The number of aliphatic hydroxyl groups excluding tert-OH is 1. The highest BCUT2D eigenvalue weighted by atomic mass is 16.5. The molecule has 2 N–H and O–H groups in total. The maximum absolute atomic E-state index is 11.6. The van der Waals surface area contributed by atoms with Gasteiger partial charge in [0.25, 0.3) is 0 Å². The van der Waals surface area contributed by atoms with Crippen molar-refractivity contribution >= 4 is 5.97 Å². The Morgan fingerprint density at radius 3 is 2.95 bits per heavy atom. The molecule has 116 valence electrons. The zero-order valence-electron chi connectivity index (χ0n) is 12.5. The first kappa shape index (κ1) is 15.8. The second-order valence-corrected chi connectivity index (χ2v) is 5.09. The zero-order chi connectivity index (χ0) is 15.2. The van der Waals surface area contributed by atoms with Crippen LogP contribution in [-0.4, -0.2) is 62.5 Å². The summed E-state index contributed by atoms with van der Waals surface area (Å²) in [7, 11) is 2.89. The summed E-state index contributed by atoms with van der Waals surface area (Å²) >= 11 is 0. The number of esters is 1. The maximum Gasteiger partial charge on any atom is 0.341 e. The van der Waals surface area contributed by atoms with Crippen molar-refractivity contribution < 1.29 is 19.4 Å². The number of benzene rings is 1. The summed E-state index contributed by atoms with van der Waals surface area (Å²) in [4.78, 5) is 13.9. The molecule has 0 radical (unpaired) electrons. The van der Waals surface area contributed by atoms with E-state index in [4.69, 9.17) is 9.47 Å². The summed E-state index contributed by atoms with van der Waals surface area (Å²) in [6.07, 6.45) is 0. The molecule has 0 saturated carbocycles. The first-order valence-corrected chi connectivity index (χ1v) is 6.99. The quantitative estimate of drug-likeness (QED) is 0.759. The fourth-order valence-corrected chi connectivity index (χ4v) is 2.53. The number of nitrogens with one attached hydrogen (secondary N) is 1. The molecule has 0 unspecified atom stereocenters. The third-order valence-electron chi connectivity index (χ3n) is 3.64. The average Bonchev–Trinajstić information content (AvgIpc) is 2.54. The fraction of sp³-hybridized carbons (Fsp3) is 0.533. The number of aliphatic hydroxyl groups is 1. The van der Waals surface area contributed by atoms with Gasteiger partial charge in [-0.25, -0.2) is 4.79 Å². The van der Waals surface area contributed by atoms with E-state index in [9.17, 15) is 9.90 Å². The lowest BCUT2D eigenvalue weighted by molar-refractivity contribution is 0.0597. The molecule has 1 aromatic carbocycles. The highest BCUT2D eigenvalue weighted by Crippen LogP contribution is 2.22. The molecule has 1 aromatic rings. The van der Waals surface area contributed by atoms with E-state index in [2.05, 4.69) is 10.2 Å². The van der Waals surface area contributed by atoms with Gasteiger partial charge in [-0.3, -0.25) is 4.90 Å². The lowest BCUT2D eigenvalue weighted by Gasteiger charge is -2.32. The van der Waals surface area contributed by atoms with Gasteiger partial charge >= 0.3 is 5.97 Å². The van der Waals surface area contributed by atoms with Crippen LogP contribution >= 0.6 is 0 Å². The first-order valence-electron chi connectivity index (χ1n) is 6.99. The van der Waals surface area contributed by atoms with Crippen molar-refractivity contribution in [3.63, 3.8) is 0 Å². The predicted octanol–water partition coefficient (Wildman–Crippen LogP) is 0.248. The summed E-state index contributed by atoms with van der Waals surface area (Å²) in [5.41, 5.74) is 1.50. The van der Waals surface area contributed by atoms with Crippen molar-refractivity contribution in [1.29, 1.82) is 0 Å². The van der Waals surface area contributed by atoms with E-state index < -0.39 is 5.97 Å². The number of carbonyl (C=O) groups excluding carboxylic acids is 1. The third kappa shape index (κ3) is 3.93. The van der Waals surface area contributed by atoms with Gasteiger partial charge in [0.2, 0.25) is 0 Å². The highest BCUT2D eigenvalue weighted by molar-refractivity contribution is 5.92. The number of piperazine rings is 1. The number of hydrogen-bond acceptors (Lipinski definition) is 6. The maximum atomic E-state index is 11.6. The van der Waals surface area contributed by atoms with E-state index in [1.54, 1.807) is 6.07 Å². The van der Waals surface area contributed by atoms with Gasteiger partial charge in [0, 0.05) is 32.2 Å². The Balaban J connectivity index is 2.08. The van der Waals surface area contributed by atoms with E-state index in [0.717, 1.165) is 31.7 Å². The second kappa shape index (κ2) is 7.40. The van der Waals surface area contributed by atoms with Gasteiger partial charge in [-0.2, -0.15) is 0 Å². The SMILES string of the molecule is COC(=O)c1ccc(CN2CCN[C@@H](CO)C2)cc1OC. The molecule has 0 spiro atoms. The Hall–Kier alpha value is -1.63. The van der Waals surface area contributed by atoms with Gasteiger partial charge in [0.05, 0.1) is 20.8 Å². The normalized spacial score (nSPS) is 19.3. The molecule has 1 heterocycles. The Kier molecular flexibility index (Phi) is 5.55. The summed E-state index contributed by atoms with van der Waals surface area (Å²) in [6, 6.07) is 5.62. The van der Waals surface area contributed by atoms with E-state index in [1.165, 1.54) is 14.2 Å². The number of rotatable bonds is 5. The van der Waals surface area contributed by atoms with Crippen molar-refractivity contribution in [3.8, 4) is 5.75 Å². The van der Waals surface area contributed by atoms with Crippen molar-refractivity contribution in [2.24, 2.45) is 0 Å². The second-order valence-electron chi connectivity index (χ2n) is 5.09. The van der Waals surface area contributed by atoms with Crippen LogP contribution in [0.5, 0.6) is 5.75 Å². The molecule has 0 amide bonds. The summed E-state index contributed by atoms with van der Waals surface area (Å²) in [6.45, 7) is 3.49. The molecule has 0 aromatic heterocycles. The lowest BCUT2D eigenvalue weighted by atomic mass is 10.1. The molecule has 1 fully saturated rings. The highest BCUT2D eigenvalue weighted by Gasteiger charge is 2.19. The molecule has 6 nitrogen and oxygen atoms in total. The van der Waals surface area contributed by atoms with Crippen LogP contribution in [0.15, 0.2) is 18.2 Å². The number of ether oxygens (including phenoxy) is 2. The molecule has 1 aliphatic rings. The van der Waals surface area contributed by atoms with Crippen LogP contribution in [0.1, 0.15) is 15.9 Å². The third-order valence-corrected chi connectivity index (χ3v) is 3.64. The van der Waals surface area contributed by atoms with Crippen molar-refractivity contribution in [2.45, 2.75) is 12.6 Å². The smallest absolute Gasteiger partial charge is 0.341 e. The van der Waals surface area contributed by atoms with E-state index in [-0.39, 0.29) is 12.6 Å². The number of carbonyl (C=O) groups is 1. The number of methoxy groups -OCH3 is 2. The van der Waals surface area contributed by atoms with Crippen LogP contribution in [-0.2, 0) is 11.3 Å². The Morgan fingerprint density at radius 1 is 1.48 bits per heavy atom. The molecular weight excluding hydrogens is 272 g/mol. The van der Waals surface area contributed by atoms with Gasteiger partial charge in [0.15, 0.2) is 0 Å². The number of nitrogens with zero attached hydrogens (tertiary/aromatic N) is 1. The van der Waals surface area contributed by atoms with Crippen LogP contribution in [0.2, 0.25) is 0 Å². The fourth-order valence-electron chi connectivity index (χ4n) is 2.53. The van der Waals surface area contributed by atoms with Crippen LogP contribution in [0.25, 0.3) is 0 Å². The first-order chi connectivity index (χ1) is 10.2. The predicted molar refractivity (Wildman–Crippen MR) is 78.5 cm³/mol. The molecule has 0 aliphatic carbocycles. The summed E-state index contributed by atoms with van der Waals surface area (Å²) < 4.78 is 10.0. The average molecular weight is 294 g/mol. The molecule has 21 heavy (non-hydrogen) atoms. The van der Waals surface area contributed by atoms with Gasteiger partial charge in [-0.1, -0.05) is 6.07 Å². The summed E-state index contributed by atoms with van der Waals surface area (Å²) in [5.74, 6) is 0.120. The van der Waals surface area contributed by atoms with Crippen LogP contribution in [0.3, 0.4) is 0 Å². The minimum absolute atomic E-state index is 0.120. The molecule has 0 bridgehead atoms. The molecule has 6 heteroatoms. The zero-order valence-corrected chi connectivity index (χ0v) is 12.5. The van der Waals surface area contributed by atoms with Crippen molar-refractivity contribution in [3.05, 3.63) is 29.3 Å². The molecule has 1 atom stereocenters. The van der Waals surface area contributed by atoms with E-state index >= 15 is 0 Å². The van der Waals surface area contributed by atoms with Crippen LogP contribution in [0, 0.1) is 0 Å². The van der Waals surface area contributed by atoms with Gasteiger partial charge in [-0.05, 0) is 17.7 Å². The van der Waals surface area contributed by atoms with Gasteiger partial charge in [-0.15, -0.1) is 0 Å². The standard InChI is InChI=1S/C15H22N2O4/c1-20-14-7-11(3-4-13(14)15(19)21-2)8-17-6-5-16-12(9-17)10-18/h3-4,7,12,16,18H,5-6,8-10H2,1-2H3/t12-/m1/s1. The Morgan fingerprint density at radius 2 is 2.29 bits per heavy atom. The van der Waals surface area contributed by atoms with E-state index in [0.29, 0.717) is 11.3 Å². The number of hydrogen-bond donors (Lipinski definition) is 2. The topological polar surface area (TPSA) is 71.0 Å². The van der Waals surface area contributed by atoms with Crippen molar-refractivity contribution in [2.75, 3.05) is 40.5 Å². The minimum atomic E-state index is -0.402. The Bertz CT molecular complexity index is 493. The van der Waals surface area contributed by atoms with E-state index in [1.807, 2.05) is 12.1 Å². The summed E-state index contributed by atoms with van der Waals surface area (Å²) in [5, 5.41) is 12.5. The molecule has 1 saturated heterocycles. The van der Waals surface area contributed by atoms with Gasteiger partial charge in [0.1, 0.15) is 11.3 Å². The lowest BCUT2D eigenvalue weighted by Crippen LogP contribution is -2.51. The Labute approximate surface area is 124 Å². The van der Waals surface area contributed by atoms with Crippen LogP contribution < -0.4 is 10.1 Å². The van der Waals surface area contributed by atoms with Crippen LogP contribution in [0.4, 0.5) is 0 Å². The minimum Gasteiger partial charge on any atom is -0.496 e. The molecule has 1 aliphatic heterocycles. The van der Waals surface area contributed by atoms with Gasteiger partial charge < -0.3 is 19.9 Å². The molecule has 2 rings (SSSR count). The molecular formula is C15H22N2O4. The van der Waals surface area contributed by atoms with Crippen molar-refractivity contribution in [1.82, 2.24) is 10.2 Å².